The Morgan fingerprint density at radius 2 is 1.87 bits per heavy atom. The van der Waals surface area contributed by atoms with E-state index in [1.165, 1.54) is 30.4 Å². The zero-order valence-electron chi connectivity index (χ0n) is 19.9. The van der Waals surface area contributed by atoms with Crippen LogP contribution in [0.25, 0.3) is 37.1 Å². The van der Waals surface area contributed by atoms with Gasteiger partial charge in [-0.15, -0.1) is 11.3 Å². The number of aromatic nitrogens is 3. The summed E-state index contributed by atoms with van der Waals surface area (Å²) >= 11 is 14.2. The molecule has 0 saturated carbocycles. The number of thiophene rings is 1. The summed E-state index contributed by atoms with van der Waals surface area (Å²) in [5.74, 6) is 0.459. The first-order chi connectivity index (χ1) is 18.3. The summed E-state index contributed by atoms with van der Waals surface area (Å²) in [6, 6.07) is 14.9. The molecule has 3 heterocycles. The van der Waals surface area contributed by atoms with Crippen molar-refractivity contribution in [3.05, 3.63) is 106 Å². The highest BCUT2D eigenvalue weighted by Crippen LogP contribution is 2.53. The summed E-state index contributed by atoms with van der Waals surface area (Å²) in [6.45, 7) is 9.97. The number of anilines is 1. The molecule has 188 valence electrons. The Labute approximate surface area is 232 Å². The highest BCUT2D eigenvalue weighted by atomic mass is 35.5. The third kappa shape index (κ3) is 5.18. The number of benzene rings is 2. The van der Waals surface area contributed by atoms with E-state index in [4.69, 9.17) is 29.8 Å². The van der Waals surface area contributed by atoms with Crippen LogP contribution in [0.3, 0.4) is 0 Å². The number of hydrogen-bond donors (Lipinski definition) is 1. The third-order valence-electron chi connectivity index (χ3n) is 5.71. The number of amides is 1. The first-order valence-corrected chi connectivity index (χ1v) is 12.9. The van der Waals surface area contributed by atoms with Crippen molar-refractivity contribution < 1.29 is 9.18 Å². The van der Waals surface area contributed by atoms with Crippen LogP contribution in [0.5, 0.6) is 0 Å². The van der Waals surface area contributed by atoms with E-state index in [0.29, 0.717) is 55.5 Å². The standard InChI is InChI=1S/C28H18Cl2FN5OS/c1-16(37)35-23-13-18(9-10-33-23)26-25(32-2)24(21-8-5-19(29)14-22(21)30)27(38-26)28-34-11-12-36(28)15-17-3-6-20(31)7-4-17/h3-14H,15H2,1H3,(H,33,35,37). The van der Waals surface area contributed by atoms with Gasteiger partial charge in [-0.05, 0) is 53.1 Å². The largest absolute Gasteiger partial charge is 0.326 e. The molecule has 3 aromatic heterocycles. The maximum atomic E-state index is 13.5. The highest BCUT2D eigenvalue weighted by Gasteiger charge is 2.26. The van der Waals surface area contributed by atoms with Gasteiger partial charge in [0.2, 0.25) is 11.6 Å². The summed E-state index contributed by atoms with van der Waals surface area (Å²) in [5.41, 5.74) is 3.28. The fraction of sp³-hybridized carbons (Fsp3) is 0.0714. The van der Waals surface area contributed by atoms with E-state index in [9.17, 15) is 9.18 Å². The lowest BCUT2D eigenvalue weighted by molar-refractivity contribution is -0.114. The lowest BCUT2D eigenvalue weighted by Crippen LogP contribution is -2.07. The van der Waals surface area contributed by atoms with E-state index in [1.54, 1.807) is 54.9 Å². The lowest BCUT2D eigenvalue weighted by atomic mass is 10.0. The predicted molar refractivity (Wildman–Crippen MR) is 150 cm³/mol. The van der Waals surface area contributed by atoms with E-state index in [2.05, 4.69) is 20.1 Å². The van der Waals surface area contributed by atoms with Crippen LogP contribution in [0, 0.1) is 12.4 Å². The van der Waals surface area contributed by atoms with E-state index < -0.39 is 0 Å². The van der Waals surface area contributed by atoms with Crippen molar-refractivity contribution in [2.75, 3.05) is 5.32 Å². The van der Waals surface area contributed by atoms with Gasteiger partial charge in [-0.25, -0.2) is 19.2 Å². The van der Waals surface area contributed by atoms with Crippen LogP contribution in [0.4, 0.5) is 15.9 Å². The molecule has 0 fully saturated rings. The van der Waals surface area contributed by atoms with Crippen molar-refractivity contribution in [2.24, 2.45) is 0 Å². The molecule has 0 bridgehead atoms. The minimum absolute atomic E-state index is 0.247. The number of rotatable bonds is 6. The smallest absolute Gasteiger partial charge is 0.222 e. The van der Waals surface area contributed by atoms with E-state index >= 15 is 0 Å². The fourth-order valence-electron chi connectivity index (χ4n) is 4.08. The second-order valence-corrected chi connectivity index (χ2v) is 10.2. The number of carbonyl (C=O) groups excluding carboxylic acids is 1. The number of nitrogens with zero attached hydrogens (tertiary/aromatic N) is 4. The van der Waals surface area contributed by atoms with Gasteiger partial charge in [0.05, 0.1) is 11.4 Å². The Balaban J connectivity index is 1.72. The van der Waals surface area contributed by atoms with E-state index in [-0.39, 0.29) is 11.7 Å². The van der Waals surface area contributed by atoms with Crippen LogP contribution in [0.15, 0.2) is 73.2 Å². The van der Waals surface area contributed by atoms with E-state index in [1.807, 2.05) is 10.8 Å². The Morgan fingerprint density at radius 3 is 2.58 bits per heavy atom. The van der Waals surface area contributed by atoms with Gasteiger partial charge >= 0.3 is 0 Å². The molecule has 0 radical (unpaired) electrons. The Hall–Kier alpha value is -4.03. The van der Waals surface area contributed by atoms with Crippen LogP contribution in [0.1, 0.15) is 12.5 Å². The molecule has 38 heavy (non-hydrogen) atoms. The molecular weight excluding hydrogens is 544 g/mol. The molecule has 1 amide bonds. The van der Waals surface area contributed by atoms with Crippen molar-refractivity contribution in [2.45, 2.75) is 13.5 Å². The summed E-state index contributed by atoms with van der Waals surface area (Å²) in [4.78, 5) is 25.8. The molecule has 0 aliphatic carbocycles. The lowest BCUT2D eigenvalue weighted by Gasteiger charge is -2.11. The molecular formula is C28H18Cl2FN5OS. The van der Waals surface area contributed by atoms with E-state index in [0.717, 1.165) is 10.4 Å². The minimum Gasteiger partial charge on any atom is -0.326 e. The summed E-state index contributed by atoms with van der Waals surface area (Å²) in [6.07, 6.45) is 5.10. The number of halogens is 3. The number of imidazole rings is 1. The molecule has 10 heteroatoms. The summed E-state index contributed by atoms with van der Waals surface area (Å²) in [5, 5.41) is 3.57. The SMILES string of the molecule is [C-]#[N+]c1c(-c2ccnc(NC(C)=O)c2)sc(-c2nccn2Cc2ccc(F)cc2)c1-c1ccc(Cl)cc1Cl. The summed E-state index contributed by atoms with van der Waals surface area (Å²) < 4.78 is 15.4. The summed E-state index contributed by atoms with van der Waals surface area (Å²) in [7, 11) is 0. The molecule has 0 aliphatic heterocycles. The first-order valence-electron chi connectivity index (χ1n) is 11.3. The van der Waals surface area contributed by atoms with Crippen molar-refractivity contribution in [1.82, 2.24) is 14.5 Å². The third-order valence-corrected chi connectivity index (χ3v) is 7.48. The maximum Gasteiger partial charge on any atom is 0.222 e. The monoisotopic (exact) mass is 561 g/mol. The van der Waals surface area contributed by atoms with Crippen LogP contribution < -0.4 is 5.32 Å². The molecule has 0 atom stereocenters. The van der Waals surface area contributed by atoms with Crippen LogP contribution in [-0.2, 0) is 11.3 Å². The maximum absolute atomic E-state index is 13.5. The van der Waals surface area contributed by atoms with Gasteiger partial charge in [0.15, 0.2) is 0 Å². The van der Waals surface area contributed by atoms with Gasteiger partial charge in [-0.2, -0.15) is 0 Å². The van der Waals surface area contributed by atoms with Gasteiger partial charge in [-0.3, -0.25) is 4.79 Å². The number of carbonyl (C=O) groups is 1. The van der Waals surface area contributed by atoms with Crippen molar-refractivity contribution in [3.8, 4) is 32.3 Å². The molecule has 0 aliphatic rings. The van der Waals surface area contributed by atoms with Gasteiger partial charge < -0.3 is 9.88 Å². The average Bonchev–Trinajstić information content (AvgIpc) is 3.49. The molecule has 0 spiro atoms. The normalized spacial score (nSPS) is 10.8. The Bertz CT molecular complexity index is 1710. The first kappa shape index (κ1) is 25.6. The van der Waals surface area contributed by atoms with Crippen molar-refractivity contribution in [3.63, 3.8) is 0 Å². The van der Waals surface area contributed by atoms with Crippen LogP contribution in [0.2, 0.25) is 10.0 Å². The highest BCUT2D eigenvalue weighted by molar-refractivity contribution is 7.20. The zero-order chi connectivity index (χ0) is 26.8. The second-order valence-electron chi connectivity index (χ2n) is 8.34. The molecule has 1 N–H and O–H groups in total. The zero-order valence-corrected chi connectivity index (χ0v) is 22.2. The predicted octanol–water partition coefficient (Wildman–Crippen LogP) is 8.34. The van der Waals surface area contributed by atoms with Gasteiger partial charge in [0, 0.05) is 52.5 Å². The number of nitrogens with one attached hydrogen (secondary N) is 1. The molecule has 5 rings (SSSR count). The number of hydrogen-bond acceptors (Lipinski definition) is 4. The molecule has 0 saturated heterocycles. The molecule has 6 nitrogen and oxygen atoms in total. The molecule has 2 aromatic carbocycles. The van der Waals surface area contributed by atoms with Crippen LogP contribution >= 0.6 is 34.5 Å². The van der Waals surface area contributed by atoms with Gasteiger partial charge in [0.1, 0.15) is 17.5 Å². The van der Waals surface area contributed by atoms with Crippen molar-refractivity contribution >= 4 is 52.0 Å². The van der Waals surface area contributed by atoms with Crippen molar-refractivity contribution in [1.29, 1.82) is 0 Å². The van der Waals surface area contributed by atoms with Gasteiger partial charge in [0.25, 0.3) is 0 Å². The minimum atomic E-state index is -0.306. The van der Waals surface area contributed by atoms with Crippen LogP contribution in [-0.4, -0.2) is 20.4 Å². The average molecular weight is 562 g/mol. The second kappa shape index (κ2) is 10.8. The Kier molecular flexibility index (Phi) is 7.25. The molecule has 0 unspecified atom stereocenters. The quantitative estimate of drug-likeness (QED) is 0.212. The topological polar surface area (TPSA) is 64.2 Å². The van der Waals surface area contributed by atoms with Gasteiger partial charge in [-0.1, -0.05) is 41.4 Å². The molecule has 5 aromatic rings. The Morgan fingerprint density at radius 1 is 1.08 bits per heavy atom. The number of pyridine rings is 1. The fourth-order valence-corrected chi connectivity index (χ4v) is 5.84.